The Balaban J connectivity index is 2.03. The van der Waals surface area contributed by atoms with Crippen molar-refractivity contribution >= 4 is 0 Å². The second-order valence-corrected chi connectivity index (χ2v) is 5.45. The monoisotopic (exact) mass is 291 g/mol. The van der Waals surface area contributed by atoms with E-state index in [1.54, 1.807) is 6.92 Å². The van der Waals surface area contributed by atoms with Gasteiger partial charge in [0.15, 0.2) is 0 Å². The number of hydrogen-bond acceptors (Lipinski definition) is 3. The Morgan fingerprint density at radius 2 is 1.95 bits per heavy atom. The third-order valence-corrected chi connectivity index (χ3v) is 3.89. The lowest BCUT2D eigenvalue weighted by Crippen LogP contribution is -2.45. The number of rotatable bonds is 5. The van der Waals surface area contributed by atoms with Gasteiger partial charge in [0.2, 0.25) is 5.60 Å². The second kappa shape index (κ2) is 5.77. The maximum atomic E-state index is 13.2. The Bertz CT molecular complexity index is 438. The van der Waals surface area contributed by atoms with Crippen molar-refractivity contribution in [2.45, 2.75) is 56.8 Å². The highest BCUT2D eigenvalue weighted by Crippen LogP contribution is 2.42. The third kappa shape index (κ3) is 3.17. The fourth-order valence-electron chi connectivity index (χ4n) is 2.65. The van der Waals surface area contributed by atoms with E-state index >= 15 is 0 Å². The van der Waals surface area contributed by atoms with Gasteiger partial charge in [0.1, 0.15) is 11.5 Å². The molecule has 1 heterocycles. The predicted molar refractivity (Wildman–Crippen MR) is 68.3 cm³/mol. The SMILES string of the molecule is Cc1ccc([C@](O)(CCNC2CCCC2)C(F)(F)F)o1. The first kappa shape index (κ1) is 15.4. The van der Waals surface area contributed by atoms with Crippen molar-refractivity contribution in [3.05, 3.63) is 23.7 Å². The van der Waals surface area contributed by atoms with Crippen LogP contribution in [-0.2, 0) is 5.60 Å². The smallest absolute Gasteiger partial charge is 0.424 e. The van der Waals surface area contributed by atoms with Gasteiger partial charge in [0.05, 0.1) is 0 Å². The molecular formula is C14H20F3NO2. The molecule has 20 heavy (non-hydrogen) atoms. The molecule has 1 fully saturated rings. The first-order valence-electron chi connectivity index (χ1n) is 6.92. The number of hydrogen-bond donors (Lipinski definition) is 2. The second-order valence-electron chi connectivity index (χ2n) is 5.45. The Labute approximate surface area is 116 Å². The maximum Gasteiger partial charge on any atom is 0.424 e. The molecule has 0 bridgehead atoms. The van der Waals surface area contributed by atoms with Gasteiger partial charge in [-0.05, 0) is 38.4 Å². The van der Waals surface area contributed by atoms with Gasteiger partial charge in [-0.1, -0.05) is 12.8 Å². The van der Waals surface area contributed by atoms with Crippen molar-refractivity contribution in [2.24, 2.45) is 0 Å². The van der Waals surface area contributed by atoms with E-state index in [2.05, 4.69) is 5.32 Å². The molecule has 0 spiro atoms. The van der Waals surface area contributed by atoms with E-state index in [1.807, 2.05) is 0 Å². The first-order valence-corrected chi connectivity index (χ1v) is 6.92. The van der Waals surface area contributed by atoms with Crippen LogP contribution in [0.25, 0.3) is 0 Å². The van der Waals surface area contributed by atoms with E-state index in [-0.39, 0.29) is 12.6 Å². The molecule has 1 saturated carbocycles. The lowest BCUT2D eigenvalue weighted by Gasteiger charge is -2.29. The zero-order valence-electron chi connectivity index (χ0n) is 11.5. The van der Waals surface area contributed by atoms with Gasteiger partial charge >= 0.3 is 6.18 Å². The van der Waals surface area contributed by atoms with Gasteiger partial charge in [-0.15, -0.1) is 0 Å². The molecule has 0 saturated heterocycles. The third-order valence-electron chi connectivity index (χ3n) is 3.89. The van der Waals surface area contributed by atoms with Crippen LogP contribution in [-0.4, -0.2) is 23.9 Å². The van der Waals surface area contributed by atoms with Gasteiger partial charge in [0.25, 0.3) is 0 Å². The number of halogens is 3. The van der Waals surface area contributed by atoms with Crippen LogP contribution in [0.3, 0.4) is 0 Å². The minimum Gasteiger partial charge on any atom is -0.463 e. The zero-order valence-corrected chi connectivity index (χ0v) is 11.5. The van der Waals surface area contributed by atoms with Gasteiger partial charge < -0.3 is 14.8 Å². The highest BCUT2D eigenvalue weighted by molar-refractivity contribution is 5.15. The van der Waals surface area contributed by atoms with Crippen molar-refractivity contribution in [3.63, 3.8) is 0 Å². The normalized spacial score (nSPS) is 20.2. The molecule has 1 aliphatic rings. The maximum absolute atomic E-state index is 13.2. The van der Waals surface area contributed by atoms with Crippen LogP contribution >= 0.6 is 0 Å². The van der Waals surface area contributed by atoms with E-state index in [4.69, 9.17) is 4.42 Å². The Kier molecular flexibility index (Phi) is 4.44. The Hall–Kier alpha value is -1.01. The summed E-state index contributed by atoms with van der Waals surface area (Å²) in [6.45, 7) is 1.66. The van der Waals surface area contributed by atoms with Crippen molar-refractivity contribution < 1.29 is 22.7 Å². The first-order chi connectivity index (χ1) is 9.33. The molecule has 0 aliphatic heterocycles. The molecule has 2 N–H and O–H groups in total. The molecule has 1 aromatic rings. The topological polar surface area (TPSA) is 45.4 Å². The number of furan rings is 1. The van der Waals surface area contributed by atoms with Crippen LogP contribution in [0.5, 0.6) is 0 Å². The van der Waals surface area contributed by atoms with Crippen molar-refractivity contribution in [2.75, 3.05) is 6.54 Å². The lowest BCUT2D eigenvalue weighted by molar-refractivity contribution is -0.274. The van der Waals surface area contributed by atoms with E-state index in [0.717, 1.165) is 25.7 Å². The summed E-state index contributed by atoms with van der Waals surface area (Å²) in [6, 6.07) is 2.89. The molecule has 0 amide bonds. The molecule has 6 heteroatoms. The van der Waals surface area contributed by atoms with Gasteiger partial charge in [-0.25, -0.2) is 0 Å². The molecule has 1 aliphatic carbocycles. The van der Waals surface area contributed by atoms with Gasteiger partial charge in [-0.3, -0.25) is 0 Å². The van der Waals surface area contributed by atoms with Crippen molar-refractivity contribution in [1.82, 2.24) is 5.32 Å². The zero-order chi connectivity index (χ0) is 14.8. The molecule has 0 radical (unpaired) electrons. The Morgan fingerprint density at radius 3 is 2.45 bits per heavy atom. The summed E-state index contributed by atoms with van der Waals surface area (Å²) in [4.78, 5) is 0. The molecular weight excluding hydrogens is 271 g/mol. The van der Waals surface area contributed by atoms with Gasteiger partial charge in [-0.2, -0.15) is 13.2 Å². The molecule has 114 valence electrons. The average molecular weight is 291 g/mol. The quantitative estimate of drug-likeness (QED) is 0.875. The summed E-state index contributed by atoms with van der Waals surface area (Å²) in [5.41, 5.74) is -2.92. The fraction of sp³-hybridized carbons (Fsp3) is 0.714. The summed E-state index contributed by atoms with van der Waals surface area (Å²) >= 11 is 0. The molecule has 3 nitrogen and oxygen atoms in total. The van der Waals surface area contributed by atoms with Crippen LogP contribution in [0.4, 0.5) is 13.2 Å². The standard InChI is InChI=1S/C14H20F3NO2/c1-10-6-7-12(20-10)13(19,14(15,16)17)8-9-18-11-4-2-3-5-11/h6-7,11,18-19H,2-5,8-9H2,1H3/t13-/m1/s1. The lowest BCUT2D eigenvalue weighted by atomic mass is 9.95. The predicted octanol–water partition coefficient (Wildman–Crippen LogP) is 3.26. The minimum absolute atomic E-state index is 0.112. The summed E-state index contributed by atoms with van der Waals surface area (Å²) < 4.78 is 44.5. The minimum atomic E-state index is -4.76. The summed E-state index contributed by atoms with van der Waals surface area (Å²) in [7, 11) is 0. The molecule has 0 aromatic carbocycles. The van der Waals surface area contributed by atoms with Crippen molar-refractivity contribution in [1.29, 1.82) is 0 Å². The summed E-state index contributed by atoms with van der Waals surface area (Å²) in [6.07, 6.45) is -1.000. The molecule has 0 unspecified atom stereocenters. The number of nitrogens with one attached hydrogen (secondary N) is 1. The number of aryl methyl sites for hydroxylation is 1. The molecule has 1 aromatic heterocycles. The van der Waals surface area contributed by atoms with E-state index in [9.17, 15) is 18.3 Å². The van der Waals surface area contributed by atoms with Crippen LogP contribution in [0.1, 0.15) is 43.6 Å². The molecule has 2 rings (SSSR count). The van der Waals surface area contributed by atoms with Crippen LogP contribution in [0.2, 0.25) is 0 Å². The summed E-state index contributed by atoms with van der Waals surface area (Å²) in [5, 5.41) is 13.1. The van der Waals surface area contributed by atoms with Gasteiger partial charge in [0, 0.05) is 12.5 Å². The van der Waals surface area contributed by atoms with E-state index < -0.39 is 24.0 Å². The highest BCUT2D eigenvalue weighted by atomic mass is 19.4. The number of aliphatic hydroxyl groups is 1. The Morgan fingerprint density at radius 1 is 1.30 bits per heavy atom. The van der Waals surface area contributed by atoms with Crippen LogP contribution in [0, 0.1) is 6.92 Å². The van der Waals surface area contributed by atoms with E-state index in [0.29, 0.717) is 5.76 Å². The number of alkyl halides is 3. The fourth-order valence-corrected chi connectivity index (χ4v) is 2.65. The summed E-state index contributed by atoms with van der Waals surface area (Å²) in [5.74, 6) is -0.0813. The van der Waals surface area contributed by atoms with Crippen molar-refractivity contribution in [3.8, 4) is 0 Å². The van der Waals surface area contributed by atoms with Crippen LogP contribution in [0.15, 0.2) is 16.5 Å². The van der Waals surface area contributed by atoms with Crippen LogP contribution < -0.4 is 5.32 Å². The highest BCUT2D eigenvalue weighted by Gasteiger charge is 2.56. The molecule has 1 atom stereocenters. The largest absolute Gasteiger partial charge is 0.463 e. The average Bonchev–Trinajstić information content (AvgIpc) is 2.98. The van der Waals surface area contributed by atoms with E-state index in [1.165, 1.54) is 12.1 Å².